The zero-order chi connectivity index (χ0) is 17.8. The molecular formula is C18H19N3O4. The summed E-state index contributed by atoms with van der Waals surface area (Å²) in [6, 6.07) is 9.47. The second-order valence-corrected chi connectivity index (χ2v) is 5.78. The Hall–Kier alpha value is -2.93. The van der Waals surface area contributed by atoms with Crippen molar-refractivity contribution in [3.63, 3.8) is 0 Å². The van der Waals surface area contributed by atoms with E-state index in [1.54, 1.807) is 20.2 Å². The summed E-state index contributed by atoms with van der Waals surface area (Å²) in [5.41, 5.74) is 0.933. The van der Waals surface area contributed by atoms with Gasteiger partial charge in [-0.15, -0.1) is 0 Å². The molecule has 7 heteroatoms. The second kappa shape index (κ2) is 7.31. The molecule has 0 aliphatic rings. The summed E-state index contributed by atoms with van der Waals surface area (Å²) < 4.78 is 11.0. The third-order valence-corrected chi connectivity index (χ3v) is 3.60. The van der Waals surface area contributed by atoms with Gasteiger partial charge in [-0.25, -0.2) is 4.98 Å². The largest absolute Gasteiger partial charge is 0.482 e. The minimum absolute atomic E-state index is 0.0864. The molecule has 1 aromatic carbocycles. The number of likely N-dealkylation sites (N-methyl/N-ethyl adjacent to an activating group) is 1. The molecule has 25 heavy (non-hydrogen) atoms. The average molecular weight is 341 g/mol. The molecule has 0 saturated heterocycles. The zero-order valence-corrected chi connectivity index (χ0v) is 14.0. The lowest BCUT2D eigenvalue weighted by atomic mass is 10.2. The molecule has 0 spiro atoms. The van der Waals surface area contributed by atoms with Crippen LogP contribution in [0.5, 0.6) is 5.75 Å². The van der Waals surface area contributed by atoms with E-state index in [0.717, 1.165) is 10.9 Å². The zero-order valence-electron chi connectivity index (χ0n) is 14.0. The van der Waals surface area contributed by atoms with Gasteiger partial charge in [0.15, 0.2) is 12.3 Å². The molecule has 3 aromatic rings. The normalized spacial score (nSPS) is 12.1. The fourth-order valence-corrected chi connectivity index (χ4v) is 2.48. The van der Waals surface area contributed by atoms with E-state index in [-0.39, 0.29) is 24.8 Å². The van der Waals surface area contributed by atoms with Crippen LogP contribution in [0.25, 0.3) is 10.9 Å². The number of fused-ring (bicyclic) bond motifs is 1. The molecule has 2 heterocycles. The molecule has 0 radical (unpaired) electrons. The summed E-state index contributed by atoms with van der Waals surface area (Å²) >= 11 is 0. The Morgan fingerprint density at radius 1 is 1.36 bits per heavy atom. The first-order valence-corrected chi connectivity index (χ1v) is 7.89. The van der Waals surface area contributed by atoms with Crippen LogP contribution in [0.2, 0.25) is 0 Å². The SMILES string of the molecule is C[C@H](O)CN(C)C(=O)c1coc(COc2cccc3cccnc23)n1. The highest BCUT2D eigenvalue weighted by molar-refractivity contribution is 5.91. The molecular weight excluding hydrogens is 322 g/mol. The third-order valence-electron chi connectivity index (χ3n) is 3.60. The molecule has 3 rings (SSSR count). The van der Waals surface area contributed by atoms with E-state index in [0.29, 0.717) is 11.6 Å². The number of carbonyl (C=O) groups is 1. The number of benzene rings is 1. The van der Waals surface area contributed by atoms with Crippen molar-refractivity contribution in [1.29, 1.82) is 0 Å². The van der Waals surface area contributed by atoms with E-state index in [1.807, 2.05) is 30.3 Å². The van der Waals surface area contributed by atoms with Crippen LogP contribution in [0.4, 0.5) is 0 Å². The molecule has 0 aliphatic carbocycles. The lowest BCUT2D eigenvalue weighted by Crippen LogP contribution is -2.33. The Balaban J connectivity index is 1.68. The van der Waals surface area contributed by atoms with Crippen LogP contribution in [0.15, 0.2) is 47.2 Å². The van der Waals surface area contributed by atoms with E-state index < -0.39 is 6.10 Å². The maximum Gasteiger partial charge on any atom is 0.275 e. The highest BCUT2D eigenvalue weighted by atomic mass is 16.5. The quantitative estimate of drug-likeness (QED) is 0.740. The second-order valence-electron chi connectivity index (χ2n) is 5.78. The molecule has 7 nitrogen and oxygen atoms in total. The molecule has 0 unspecified atom stereocenters. The number of pyridine rings is 1. The van der Waals surface area contributed by atoms with Crippen LogP contribution >= 0.6 is 0 Å². The number of rotatable bonds is 6. The number of nitrogens with zero attached hydrogens (tertiary/aromatic N) is 3. The van der Waals surface area contributed by atoms with Crippen molar-refractivity contribution in [3.05, 3.63) is 54.4 Å². The van der Waals surface area contributed by atoms with E-state index in [9.17, 15) is 9.90 Å². The van der Waals surface area contributed by atoms with Gasteiger partial charge in [-0.05, 0) is 19.1 Å². The van der Waals surface area contributed by atoms with Gasteiger partial charge >= 0.3 is 0 Å². The number of amides is 1. The predicted octanol–water partition coefficient (Wildman–Crippen LogP) is 2.25. The van der Waals surface area contributed by atoms with Crippen molar-refractivity contribution < 1.29 is 19.1 Å². The van der Waals surface area contributed by atoms with Crippen molar-refractivity contribution in [2.45, 2.75) is 19.6 Å². The highest BCUT2D eigenvalue weighted by Gasteiger charge is 2.18. The first-order valence-electron chi connectivity index (χ1n) is 7.89. The lowest BCUT2D eigenvalue weighted by molar-refractivity contribution is 0.0698. The molecule has 0 bridgehead atoms. The summed E-state index contributed by atoms with van der Waals surface area (Å²) in [5.74, 6) is 0.597. The predicted molar refractivity (Wildman–Crippen MR) is 91.2 cm³/mol. The molecule has 0 aliphatic heterocycles. The topological polar surface area (TPSA) is 88.7 Å². The Kier molecular flexibility index (Phi) is 4.95. The number of ether oxygens (including phenoxy) is 1. The number of aliphatic hydroxyl groups is 1. The molecule has 130 valence electrons. The van der Waals surface area contributed by atoms with Gasteiger partial charge in [0, 0.05) is 25.2 Å². The highest BCUT2D eigenvalue weighted by Crippen LogP contribution is 2.23. The fourth-order valence-electron chi connectivity index (χ4n) is 2.48. The number of aromatic nitrogens is 2. The number of aliphatic hydroxyl groups excluding tert-OH is 1. The number of hydrogen-bond acceptors (Lipinski definition) is 6. The number of para-hydroxylation sites is 1. The average Bonchev–Trinajstić information content (AvgIpc) is 3.07. The Labute approximate surface area is 144 Å². The number of carbonyl (C=O) groups excluding carboxylic acids is 1. The molecule has 2 aromatic heterocycles. The van der Waals surface area contributed by atoms with Crippen LogP contribution in [0.3, 0.4) is 0 Å². The maximum absolute atomic E-state index is 12.2. The summed E-state index contributed by atoms with van der Waals surface area (Å²) in [5, 5.41) is 10.3. The first-order chi connectivity index (χ1) is 12.0. The molecule has 1 N–H and O–H groups in total. The Bertz CT molecular complexity index is 870. The smallest absolute Gasteiger partial charge is 0.275 e. The lowest BCUT2D eigenvalue weighted by Gasteiger charge is -2.16. The van der Waals surface area contributed by atoms with Gasteiger partial charge in [-0.3, -0.25) is 9.78 Å². The summed E-state index contributed by atoms with van der Waals surface area (Å²) in [7, 11) is 1.60. The Morgan fingerprint density at radius 3 is 2.96 bits per heavy atom. The maximum atomic E-state index is 12.2. The first kappa shape index (κ1) is 16.9. The van der Waals surface area contributed by atoms with E-state index in [4.69, 9.17) is 9.15 Å². The van der Waals surface area contributed by atoms with Crippen molar-refractivity contribution in [2.24, 2.45) is 0 Å². The number of oxazole rings is 1. The van der Waals surface area contributed by atoms with Crippen LogP contribution < -0.4 is 4.74 Å². The molecule has 0 saturated carbocycles. The van der Waals surface area contributed by atoms with E-state index in [1.165, 1.54) is 11.2 Å². The van der Waals surface area contributed by atoms with Crippen LogP contribution in [-0.2, 0) is 6.61 Å². The molecule has 0 fully saturated rings. The van der Waals surface area contributed by atoms with Gasteiger partial charge < -0.3 is 19.2 Å². The minimum atomic E-state index is -0.609. The standard InChI is InChI=1S/C18H19N3O4/c1-12(22)9-21(2)18(23)14-10-25-16(20-14)11-24-15-7-3-5-13-6-4-8-19-17(13)15/h3-8,10,12,22H,9,11H2,1-2H3/t12-/m0/s1. The van der Waals surface area contributed by atoms with Crippen LogP contribution in [0, 0.1) is 0 Å². The third kappa shape index (κ3) is 3.95. The van der Waals surface area contributed by atoms with Crippen molar-refractivity contribution in [1.82, 2.24) is 14.9 Å². The van der Waals surface area contributed by atoms with Crippen LogP contribution in [0.1, 0.15) is 23.3 Å². The van der Waals surface area contributed by atoms with Gasteiger partial charge in [0.1, 0.15) is 17.5 Å². The summed E-state index contributed by atoms with van der Waals surface area (Å²) in [6.45, 7) is 1.92. The van der Waals surface area contributed by atoms with Gasteiger partial charge in [0.25, 0.3) is 5.91 Å². The minimum Gasteiger partial charge on any atom is -0.482 e. The van der Waals surface area contributed by atoms with Gasteiger partial charge in [0.05, 0.1) is 6.10 Å². The van der Waals surface area contributed by atoms with Crippen LogP contribution in [-0.4, -0.2) is 45.6 Å². The Morgan fingerprint density at radius 2 is 2.16 bits per heavy atom. The van der Waals surface area contributed by atoms with Gasteiger partial charge in [0.2, 0.25) is 5.89 Å². The van der Waals surface area contributed by atoms with Crippen molar-refractivity contribution in [3.8, 4) is 5.75 Å². The summed E-state index contributed by atoms with van der Waals surface area (Å²) in [4.78, 5) is 22.0. The number of hydrogen-bond donors (Lipinski definition) is 1. The van der Waals surface area contributed by atoms with E-state index >= 15 is 0 Å². The summed E-state index contributed by atoms with van der Waals surface area (Å²) in [6.07, 6.45) is 2.39. The fraction of sp³-hybridized carbons (Fsp3) is 0.278. The monoisotopic (exact) mass is 341 g/mol. The van der Waals surface area contributed by atoms with Gasteiger partial charge in [-0.2, -0.15) is 0 Å². The van der Waals surface area contributed by atoms with Crippen molar-refractivity contribution in [2.75, 3.05) is 13.6 Å². The van der Waals surface area contributed by atoms with E-state index in [2.05, 4.69) is 9.97 Å². The molecule has 1 atom stereocenters. The molecule has 1 amide bonds. The van der Waals surface area contributed by atoms with Crippen molar-refractivity contribution >= 4 is 16.8 Å². The van der Waals surface area contributed by atoms with Gasteiger partial charge in [-0.1, -0.05) is 18.2 Å².